The minimum atomic E-state index is 0.0928. The van der Waals surface area contributed by atoms with E-state index in [1.807, 2.05) is 25.6 Å². The summed E-state index contributed by atoms with van der Waals surface area (Å²) in [6.07, 6.45) is 3.00. The number of hydrogen-bond acceptors (Lipinski definition) is 3. The molecule has 5 heteroatoms. The smallest absolute Gasteiger partial charge is 0.224 e. The average molecular weight is 278 g/mol. The molecule has 0 saturated carbocycles. The van der Waals surface area contributed by atoms with Crippen molar-refractivity contribution in [3.63, 3.8) is 0 Å². The fourth-order valence-electron chi connectivity index (χ4n) is 2.87. The third-order valence-electron chi connectivity index (χ3n) is 4.35. The molecule has 1 unspecified atom stereocenters. The third kappa shape index (κ3) is 3.39. The Morgan fingerprint density at radius 3 is 2.55 bits per heavy atom. The van der Waals surface area contributed by atoms with Gasteiger partial charge in [-0.05, 0) is 46.7 Å². The second kappa shape index (κ2) is 6.39. The van der Waals surface area contributed by atoms with Crippen LogP contribution in [0.25, 0.3) is 0 Å². The molecule has 2 rings (SSSR count). The monoisotopic (exact) mass is 278 g/mol. The summed E-state index contributed by atoms with van der Waals surface area (Å²) in [7, 11) is 1.92. The standard InChI is InChI=1S/C15H26N4O/c1-11(19-7-5-6-8-19)10-16-15(20)9-14-12(2)17-18(4)13(14)3/h11H,5-10H2,1-4H3,(H,16,20). The summed E-state index contributed by atoms with van der Waals surface area (Å²) in [5.74, 6) is 0.0928. The van der Waals surface area contributed by atoms with Crippen molar-refractivity contribution < 1.29 is 4.79 Å². The molecule has 1 aliphatic heterocycles. The normalized spacial score (nSPS) is 17.4. The van der Waals surface area contributed by atoms with Gasteiger partial charge in [0.1, 0.15) is 0 Å². The maximum atomic E-state index is 12.1. The minimum Gasteiger partial charge on any atom is -0.354 e. The summed E-state index contributed by atoms with van der Waals surface area (Å²) in [5, 5.41) is 7.40. The molecular formula is C15H26N4O. The summed E-state index contributed by atoms with van der Waals surface area (Å²) in [4.78, 5) is 14.5. The molecule has 1 atom stereocenters. The summed E-state index contributed by atoms with van der Waals surface area (Å²) in [6, 6.07) is 0.428. The van der Waals surface area contributed by atoms with E-state index in [1.165, 1.54) is 12.8 Å². The van der Waals surface area contributed by atoms with Crippen LogP contribution in [0.2, 0.25) is 0 Å². The average Bonchev–Trinajstić information content (AvgIpc) is 3.01. The lowest BCUT2D eigenvalue weighted by Gasteiger charge is -2.23. The van der Waals surface area contributed by atoms with Crippen LogP contribution in [-0.4, -0.2) is 46.3 Å². The zero-order valence-corrected chi connectivity index (χ0v) is 13.1. The van der Waals surface area contributed by atoms with Gasteiger partial charge < -0.3 is 5.32 Å². The maximum Gasteiger partial charge on any atom is 0.224 e. The van der Waals surface area contributed by atoms with Crippen LogP contribution < -0.4 is 5.32 Å². The van der Waals surface area contributed by atoms with Crippen LogP contribution in [0.5, 0.6) is 0 Å². The van der Waals surface area contributed by atoms with Crippen molar-refractivity contribution in [1.29, 1.82) is 0 Å². The number of carbonyl (C=O) groups is 1. The Labute approximate surface area is 121 Å². The molecule has 2 heterocycles. The van der Waals surface area contributed by atoms with E-state index in [-0.39, 0.29) is 5.91 Å². The number of aromatic nitrogens is 2. The Morgan fingerprint density at radius 1 is 1.35 bits per heavy atom. The van der Waals surface area contributed by atoms with Crippen molar-refractivity contribution in [1.82, 2.24) is 20.0 Å². The van der Waals surface area contributed by atoms with Crippen molar-refractivity contribution in [2.75, 3.05) is 19.6 Å². The highest BCUT2D eigenvalue weighted by atomic mass is 16.1. The van der Waals surface area contributed by atoms with Gasteiger partial charge in [0, 0.05) is 30.9 Å². The number of aryl methyl sites for hydroxylation is 2. The summed E-state index contributed by atoms with van der Waals surface area (Å²) in [6.45, 7) is 9.22. The highest BCUT2D eigenvalue weighted by Gasteiger charge is 2.19. The Balaban J connectivity index is 1.83. The van der Waals surface area contributed by atoms with E-state index in [9.17, 15) is 4.79 Å². The van der Waals surface area contributed by atoms with Crippen LogP contribution in [0, 0.1) is 13.8 Å². The summed E-state index contributed by atoms with van der Waals surface area (Å²) in [5.41, 5.74) is 3.08. The zero-order chi connectivity index (χ0) is 14.7. The lowest BCUT2D eigenvalue weighted by molar-refractivity contribution is -0.120. The van der Waals surface area contributed by atoms with Crippen molar-refractivity contribution in [2.45, 2.75) is 46.1 Å². The highest BCUT2D eigenvalue weighted by molar-refractivity contribution is 5.79. The molecule has 1 N–H and O–H groups in total. The number of likely N-dealkylation sites (tertiary alicyclic amines) is 1. The van der Waals surface area contributed by atoms with Gasteiger partial charge in [-0.1, -0.05) is 0 Å². The first-order valence-electron chi connectivity index (χ1n) is 7.49. The molecule has 0 spiro atoms. The quantitative estimate of drug-likeness (QED) is 0.880. The molecule has 1 amide bonds. The molecule has 0 aliphatic carbocycles. The molecule has 1 saturated heterocycles. The van der Waals surface area contributed by atoms with Crippen molar-refractivity contribution in [3.8, 4) is 0 Å². The predicted molar refractivity (Wildman–Crippen MR) is 79.7 cm³/mol. The molecular weight excluding hydrogens is 252 g/mol. The number of hydrogen-bond donors (Lipinski definition) is 1. The summed E-state index contributed by atoms with van der Waals surface area (Å²) < 4.78 is 1.84. The largest absolute Gasteiger partial charge is 0.354 e. The van der Waals surface area contributed by atoms with E-state index in [2.05, 4.69) is 22.2 Å². The number of amides is 1. The first-order valence-corrected chi connectivity index (χ1v) is 7.49. The summed E-state index contributed by atoms with van der Waals surface area (Å²) >= 11 is 0. The maximum absolute atomic E-state index is 12.1. The second-order valence-electron chi connectivity index (χ2n) is 5.85. The van der Waals surface area contributed by atoms with Crippen LogP contribution in [0.3, 0.4) is 0 Å². The van der Waals surface area contributed by atoms with Gasteiger partial charge in [0.25, 0.3) is 0 Å². The van der Waals surface area contributed by atoms with Crippen LogP contribution in [0.1, 0.15) is 36.7 Å². The predicted octanol–water partition coefficient (Wildman–Crippen LogP) is 1.18. The van der Waals surface area contributed by atoms with E-state index >= 15 is 0 Å². The topological polar surface area (TPSA) is 50.2 Å². The molecule has 0 aromatic carbocycles. The SMILES string of the molecule is Cc1nn(C)c(C)c1CC(=O)NCC(C)N1CCCC1. The van der Waals surface area contributed by atoms with Gasteiger partial charge in [-0.15, -0.1) is 0 Å². The highest BCUT2D eigenvalue weighted by Crippen LogP contribution is 2.13. The number of carbonyl (C=O) groups excluding carboxylic acids is 1. The van der Waals surface area contributed by atoms with E-state index < -0.39 is 0 Å². The molecule has 5 nitrogen and oxygen atoms in total. The Kier molecular flexibility index (Phi) is 4.81. The molecule has 112 valence electrons. The van der Waals surface area contributed by atoms with Crippen LogP contribution in [0.4, 0.5) is 0 Å². The van der Waals surface area contributed by atoms with Crippen LogP contribution in [-0.2, 0) is 18.3 Å². The van der Waals surface area contributed by atoms with E-state index in [1.54, 1.807) is 0 Å². The van der Waals surface area contributed by atoms with Gasteiger partial charge in [0.2, 0.25) is 5.91 Å². The van der Waals surface area contributed by atoms with Gasteiger partial charge in [0.05, 0.1) is 12.1 Å². The molecule has 1 aliphatic rings. The molecule has 1 aromatic rings. The molecule has 20 heavy (non-hydrogen) atoms. The third-order valence-corrected chi connectivity index (χ3v) is 4.35. The number of nitrogens with one attached hydrogen (secondary N) is 1. The fraction of sp³-hybridized carbons (Fsp3) is 0.733. The van der Waals surface area contributed by atoms with Crippen LogP contribution in [0.15, 0.2) is 0 Å². The fourth-order valence-corrected chi connectivity index (χ4v) is 2.87. The lowest BCUT2D eigenvalue weighted by Crippen LogP contribution is -2.41. The minimum absolute atomic E-state index is 0.0928. The van der Waals surface area contributed by atoms with E-state index in [0.717, 1.165) is 36.6 Å². The Hall–Kier alpha value is -1.36. The molecule has 0 radical (unpaired) electrons. The molecule has 0 bridgehead atoms. The molecule has 1 aromatic heterocycles. The Bertz CT molecular complexity index is 474. The van der Waals surface area contributed by atoms with E-state index in [0.29, 0.717) is 12.5 Å². The number of rotatable bonds is 5. The van der Waals surface area contributed by atoms with Crippen molar-refractivity contribution >= 4 is 5.91 Å². The van der Waals surface area contributed by atoms with Gasteiger partial charge in [-0.25, -0.2) is 0 Å². The van der Waals surface area contributed by atoms with Gasteiger partial charge in [0.15, 0.2) is 0 Å². The van der Waals surface area contributed by atoms with Crippen molar-refractivity contribution in [2.24, 2.45) is 7.05 Å². The van der Waals surface area contributed by atoms with Crippen molar-refractivity contribution in [3.05, 3.63) is 17.0 Å². The van der Waals surface area contributed by atoms with E-state index in [4.69, 9.17) is 0 Å². The number of nitrogens with zero attached hydrogens (tertiary/aromatic N) is 3. The second-order valence-corrected chi connectivity index (χ2v) is 5.85. The Morgan fingerprint density at radius 2 is 2.00 bits per heavy atom. The first kappa shape index (κ1) is 15.0. The molecule has 1 fully saturated rings. The van der Waals surface area contributed by atoms with Crippen LogP contribution >= 0.6 is 0 Å². The van der Waals surface area contributed by atoms with Gasteiger partial charge in [-0.3, -0.25) is 14.4 Å². The zero-order valence-electron chi connectivity index (χ0n) is 13.1. The lowest BCUT2D eigenvalue weighted by atomic mass is 10.1. The first-order chi connectivity index (χ1) is 9.49. The van der Waals surface area contributed by atoms with Gasteiger partial charge in [-0.2, -0.15) is 5.10 Å². The van der Waals surface area contributed by atoms with Gasteiger partial charge >= 0.3 is 0 Å².